The molecule has 6 heteroatoms. The van der Waals surface area contributed by atoms with Gasteiger partial charge in [0.1, 0.15) is 16.2 Å². The van der Waals surface area contributed by atoms with E-state index in [1.54, 1.807) is 17.7 Å². The SMILES string of the molecule is CC(C)NC(=O)[C@@H](C)Sc1ncnc2sccc12. The number of amides is 1. The van der Waals surface area contributed by atoms with Crippen LogP contribution in [0.3, 0.4) is 0 Å². The number of aromatic nitrogens is 2. The molecule has 1 N–H and O–H groups in total. The predicted molar refractivity (Wildman–Crippen MR) is 76.0 cm³/mol. The molecule has 0 bridgehead atoms. The van der Waals surface area contributed by atoms with Gasteiger partial charge in [0, 0.05) is 11.4 Å². The number of carbonyl (C=O) groups excluding carboxylic acids is 1. The van der Waals surface area contributed by atoms with Gasteiger partial charge in [-0.05, 0) is 32.2 Å². The number of rotatable bonds is 4. The first kappa shape index (κ1) is 13.3. The van der Waals surface area contributed by atoms with E-state index in [-0.39, 0.29) is 17.2 Å². The van der Waals surface area contributed by atoms with Crippen LogP contribution in [0.1, 0.15) is 20.8 Å². The molecule has 96 valence electrons. The maximum Gasteiger partial charge on any atom is 0.233 e. The molecule has 0 unspecified atom stereocenters. The lowest BCUT2D eigenvalue weighted by Crippen LogP contribution is -2.35. The predicted octanol–water partition coefficient (Wildman–Crippen LogP) is 2.70. The van der Waals surface area contributed by atoms with Crippen LogP contribution in [0.25, 0.3) is 10.2 Å². The minimum absolute atomic E-state index is 0.0389. The second-order valence-corrected chi connectivity index (χ2v) is 6.47. The molecule has 18 heavy (non-hydrogen) atoms. The van der Waals surface area contributed by atoms with Gasteiger partial charge in [0.25, 0.3) is 0 Å². The number of fused-ring (bicyclic) bond motifs is 1. The van der Waals surface area contributed by atoms with Gasteiger partial charge in [0.05, 0.1) is 5.25 Å². The first-order chi connectivity index (χ1) is 8.58. The summed E-state index contributed by atoms with van der Waals surface area (Å²) in [7, 11) is 0. The van der Waals surface area contributed by atoms with Crippen molar-refractivity contribution in [2.24, 2.45) is 0 Å². The number of carbonyl (C=O) groups is 1. The Balaban J connectivity index is 2.13. The molecule has 0 fully saturated rings. The summed E-state index contributed by atoms with van der Waals surface area (Å²) in [5.41, 5.74) is 0. The molecule has 1 amide bonds. The number of thioether (sulfide) groups is 1. The van der Waals surface area contributed by atoms with E-state index in [1.807, 2.05) is 32.2 Å². The molecular formula is C12H15N3OS2. The van der Waals surface area contributed by atoms with Gasteiger partial charge in [-0.15, -0.1) is 11.3 Å². The van der Waals surface area contributed by atoms with Crippen LogP contribution in [0.4, 0.5) is 0 Å². The lowest BCUT2D eigenvalue weighted by Gasteiger charge is -2.13. The Hall–Kier alpha value is -1.14. The number of thiophene rings is 1. The van der Waals surface area contributed by atoms with Crippen LogP contribution in [0.2, 0.25) is 0 Å². The van der Waals surface area contributed by atoms with Crippen molar-refractivity contribution in [3.05, 3.63) is 17.8 Å². The zero-order valence-corrected chi connectivity index (χ0v) is 12.1. The van der Waals surface area contributed by atoms with Crippen LogP contribution in [0.5, 0.6) is 0 Å². The van der Waals surface area contributed by atoms with Crippen LogP contribution in [0.15, 0.2) is 22.8 Å². The molecule has 0 aliphatic rings. The van der Waals surface area contributed by atoms with Crippen molar-refractivity contribution in [1.82, 2.24) is 15.3 Å². The Kier molecular flexibility index (Phi) is 4.19. The molecule has 0 radical (unpaired) electrons. The highest BCUT2D eigenvalue weighted by molar-refractivity contribution is 8.00. The maximum atomic E-state index is 11.9. The van der Waals surface area contributed by atoms with E-state index in [1.165, 1.54) is 11.8 Å². The van der Waals surface area contributed by atoms with Gasteiger partial charge in [-0.3, -0.25) is 4.79 Å². The van der Waals surface area contributed by atoms with Gasteiger partial charge in [-0.2, -0.15) is 0 Å². The topological polar surface area (TPSA) is 54.9 Å². The monoisotopic (exact) mass is 281 g/mol. The zero-order valence-electron chi connectivity index (χ0n) is 10.5. The van der Waals surface area contributed by atoms with Crippen LogP contribution in [0, 0.1) is 0 Å². The maximum absolute atomic E-state index is 11.9. The second kappa shape index (κ2) is 5.67. The third-order valence-electron chi connectivity index (χ3n) is 2.31. The first-order valence-electron chi connectivity index (χ1n) is 5.73. The lowest BCUT2D eigenvalue weighted by molar-refractivity contribution is -0.120. The molecule has 0 saturated carbocycles. The van der Waals surface area contributed by atoms with Gasteiger partial charge in [-0.25, -0.2) is 9.97 Å². The number of nitrogens with one attached hydrogen (secondary N) is 1. The number of hydrogen-bond donors (Lipinski definition) is 1. The molecule has 2 rings (SSSR count). The van der Waals surface area contributed by atoms with E-state index in [9.17, 15) is 4.79 Å². The van der Waals surface area contributed by atoms with Crippen LogP contribution in [-0.2, 0) is 4.79 Å². The zero-order chi connectivity index (χ0) is 13.1. The third-order valence-corrected chi connectivity index (χ3v) is 4.25. The summed E-state index contributed by atoms with van der Waals surface area (Å²) in [5, 5.41) is 6.62. The van der Waals surface area contributed by atoms with Crippen molar-refractivity contribution in [2.45, 2.75) is 37.1 Å². The Morgan fingerprint density at radius 2 is 2.17 bits per heavy atom. The average molecular weight is 281 g/mol. The highest BCUT2D eigenvalue weighted by Crippen LogP contribution is 2.30. The second-order valence-electron chi connectivity index (χ2n) is 4.24. The van der Waals surface area contributed by atoms with Crippen molar-refractivity contribution in [3.8, 4) is 0 Å². The van der Waals surface area contributed by atoms with Crippen molar-refractivity contribution < 1.29 is 4.79 Å². The minimum Gasteiger partial charge on any atom is -0.353 e. The summed E-state index contributed by atoms with van der Waals surface area (Å²) in [6, 6.07) is 2.15. The number of nitrogens with zero attached hydrogens (tertiary/aromatic N) is 2. The molecule has 2 heterocycles. The summed E-state index contributed by atoms with van der Waals surface area (Å²) >= 11 is 3.05. The van der Waals surface area contributed by atoms with Crippen LogP contribution < -0.4 is 5.32 Å². The fourth-order valence-electron chi connectivity index (χ4n) is 1.48. The molecule has 0 saturated heterocycles. The fraction of sp³-hybridized carbons (Fsp3) is 0.417. The van der Waals surface area contributed by atoms with Crippen molar-refractivity contribution >= 4 is 39.2 Å². The molecule has 2 aromatic heterocycles. The summed E-state index contributed by atoms with van der Waals surface area (Å²) in [6.45, 7) is 5.80. The third kappa shape index (κ3) is 3.00. The van der Waals surface area contributed by atoms with E-state index in [0.29, 0.717) is 0 Å². The van der Waals surface area contributed by atoms with E-state index in [4.69, 9.17) is 0 Å². The van der Waals surface area contributed by atoms with Gasteiger partial charge in [0.2, 0.25) is 5.91 Å². The fourth-order valence-corrected chi connectivity index (χ4v) is 3.19. The Bertz CT molecular complexity index is 553. The highest BCUT2D eigenvalue weighted by Gasteiger charge is 2.17. The van der Waals surface area contributed by atoms with E-state index in [0.717, 1.165) is 15.2 Å². The van der Waals surface area contributed by atoms with Crippen molar-refractivity contribution in [3.63, 3.8) is 0 Å². The summed E-state index contributed by atoms with van der Waals surface area (Å²) in [5.74, 6) is 0.0389. The highest BCUT2D eigenvalue weighted by atomic mass is 32.2. The summed E-state index contributed by atoms with van der Waals surface area (Å²) in [6.07, 6.45) is 1.55. The smallest absolute Gasteiger partial charge is 0.233 e. The van der Waals surface area contributed by atoms with Gasteiger partial charge < -0.3 is 5.32 Å². The quantitative estimate of drug-likeness (QED) is 0.691. The Labute approximate surface area is 114 Å². The number of hydrogen-bond acceptors (Lipinski definition) is 5. The molecule has 0 aromatic carbocycles. The Morgan fingerprint density at radius 1 is 1.39 bits per heavy atom. The van der Waals surface area contributed by atoms with Gasteiger partial charge in [-0.1, -0.05) is 11.8 Å². The van der Waals surface area contributed by atoms with Crippen LogP contribution >= 0.6 is 23.1 Å². The molecule has 2 aromatic rings. The minimum atomic E-state index is -0.162. The largest absolute Gasteiger partial charge is 0.353 e. The lowest BCUT2D eigenvalue weighted by atomic mass is 10.3. The standard InChI is InChI=1S/C12H15N3OS2/c1-7(2)15-10(16)8(3)18-12-9-4-5-17-11(9)13-6-14-12/h4-8H,1-3H3,(H,15,16)/t8-/m1/s1. The van der Waals surface area contributed by atoms with Crippen LogP contribution in [-0.4, -0.2) is 27.2 Å². The average Bonchev–Trinajstić information content (AvgIpc) is 2.77. The van der Waals surface area contributed by atoms with E-state index < -0.39 is 0 Å². The first-order valence-corrected chi connectivity index (χ1v) is 7.49. The molecule has 1 atom stereocenters. The van der Waals surface area contributed by atoms with E-state index in [2.05, 4.69) is 15.3 Å². The molecular weight excluding hydrogens is 266 g/mol. The van der Waals surface area contributed by atoms with Gasteiger partial charge >= 0.3 is 0 Å². The van der Waals surface area contributed by atoms with Crippen molar-refractivity contribution in [1.29, 1.82) is 0 Å². The van der Waals surface area contributed by atoms with Crippen molar-refractivity contribution in [2.75, 3.05) is 0 Å². The van der Waals surface area contributed by atoms with E-state index >= 15 is 0 Å². The normalized spacial score (nSPS) is 12.9. The summed E-state index contributed by atoms with van der Waals surface area (Å²) < 4.78 is 0. The summed E-state index contributed by atoms with van der Waals surface area (Å²) in [4.78, 5) is 21.3. The molecule has 4 nitrogen and oxygen atoms in total. The molecule has 0 spiro atoms. The molecule has 0 aliphatic carbocycles. The van der Waals surface area contributed by atoms with Gasteiger partial charge in [0.15, 0.2) is 0 Å². The Morgan fingerprint density at radius 3 is 2.89 bits per heavy atom. The molecule has 0 aliphatic heterocycles.